The van der Waals surface area contributed by atoms with Crippen molar-refractivity contribution in [3.05, 3.63) is 39.0 Å². The van der Waals surface area contributed by atoms with Gasteiger partial charge >= 0.3 is 0 Å². The summed E-state index contributed by atoms with van der Waals surface area (Å²) >= 11 is 6.02. The molecule has 0 amide bonds. The number of aromatic nitrogens is 3. The molecule has 0 radical (unpaired) electrons. The molecule has 2 N–H and O–H groups in total. The van der Waals surface area contributed by atoms with E-state index >= 15 is 0 Å². The molecule has 18 heavy (non-hydrogen) atoms. The summed E-state index contributed by atoms with van der Waals surface area (Å²) in [6.07, 6.45) is 0.595. The Morgan fingerprint density at radius 1 is 1.56 bits per heavy atom. The standard InChI is InChI=1S/C10H10ClN5O2/c1-2-8-10(12)13-14-15(8)9-5-6(16(17)18)3-4-7(9)11/h3-5H,2,12H2,1H3. The zero-order chi connectivity index (χ0) is 13.3. The Morgan fingerprint density at radius 2 is 2.28 bits per heavy atom. The smallest absolute Gasteiger partial charge is 0.271 e. The van der Waals surface area contributed by atoms with Gasteiger partial charge in [0, 0.05) is 12.1 Å². The molecule has 0 atom stereocenters. The summed E-state index contributed by atoms with van der Waals surface area (Å²) in [5.41, 5.74) is 6.66. The SMILES string of the molecule is CCc1c(N)nnn1-c1cc([N+](=O)[O-])ccc1Cl. The molecular formula is C10H10ClN5O2. The molecule has 1 heterocycles. The van der Waals surface area contributed by atoms with Crippen LogP contribution in [0, 0.1) is 10.1 Å². The molecule has 0 bridgehead atoms. The molecule has 8 heteroatoms. The van der Waals surface area contributed by atoms with E-state index in [0.717, 1.165) is 0 Å². The Labute approximate surface area is 107 Å². The van der Waals surface area contributed by atoms with Gasteiger partial charge in [-0.25, -0.2) is 4.68 Å². The second-order valence-corrected chi connectivity index (χ2v) is 3.99. The molecule has 0 aliphatic rings. The number of nitrogens with two attached hydrogens (primary N) is 1. The lowest BCUT2D eigenvalue weighted by Crippen LogP contribution is -2.04. The fourth-order valence-electron chi connectivity index (χ4n) is 1.61. The van der Waals surface area contributed by atoms with Crippen LogP contribution in [0.15, 0.2) is 18.2 Å². The summed E-state index contributed by atoms with van der Waals surface area (Å²) in [5, 5.41) is 18.7. The highest BCUT2D eigenvalue weighted by molar-refractivity contribution is 6.32. The largest absolute Gasteiger partial charge is 0.381 e. The third-order valence-corrected chi connectivity index (χ3v) is 2.82. The van der Waals surface area contributed by atoms with E-state index in [4.69, 9.17) is 17.3 Å². The maximum atomic E-state index is 10.7. The molecule has 94 valence electrons. The number of anilines is 1. The zero-order valence-electron chi connectivity index (χ0n) is 9.50. The molecule has 0 saturated carbocycles. The Kier molecular flexibility index (Phi) is 3.15. The first-order valence-corrected chi connectivity index (χ1v) is 5.56. The molecule has 7 nitrogen and oxygen atoms in total. The molecule has 0 aliphatic heterocycles. The van der Waals surface area contributed by atoms with Crippen LogP contribution in [0.4, 0.5) is 11.5 Å². The quantitative estimate of drug-likeness (QED) is 0.677. The lowest BCUT2D eigenvalue weighted by Gasteiger charge is -2.06. The number of halogens is 1. The van der Waals surface area contributed by atoms with Gasteiger partial charge in [-0.2, -0.15) is 0 Å². The average Bonchev–Trinajstić information content (AvgIpc) is 2.70. The maximum Gasteiger partial charge on any atom is 0.271 e. The first-order valence-electron chi connectivity index (χ1n) is 5.19. The molecule has 0 unspecified atom stereocenters. The highest BCUT2D eigenvalue weighted by Crippen LogP contribution is 2.27. The van der Waals surface area contributed by atoms with Crippen molar-refractivity contribution >= 4 is 23.1 Å². The van der Waals surface area contributed by atoms with E-state index in [2.05, 4.69) is 10.3 Å². The van der Waals surface area contributed by atoms with Gasteiger partial charge in [0.1, 0.15) is 0 Å². The van der Waals surface area contributed by atoms with Crippen molar-refractivity contribution in [1.82, 2.24) is 15.0 Å². The highest BCUT2D eigenvalue weighted by atomic mass is 35.5. The summed E-state index contributed by atoms with van der Waals surface area (Å²) in [6, 6.07) is 4.12. The van der Waals surface area contributed by atoms with Crippen molar-refractivity contribution in [2.45, 2.75) is 13.3 Å². The minimum Gasteiger partial charge on any atom is -0.381 e. The maximum absolute atomic E-state index is 10.7. The van der Waals surface area contributed by atoms with Crippen LogP contribution < -0.4 is 5.73 Å². The second-order valence-electron chi connectivity index (χ2n) is 3.58. The van der Waals surface area contributed by atoms with Crippen LogP contribution in [0.2, 0.25) is 5.02 Å². The molecular weight excluding hydrogens is 258 g/mol. The molecule has 0 spiro atoms. The summed E-state index contributed by atoms with van der Waals surface area (Å²) < 4.78 is 1.42. The number of rotatable bonds is 3. The summed E-state index contributed by atoms with van der Waals surface area (Å²) in [4.78, 5) is 10.3. The number of hydrogen-bond acceptors (Lipinski definition) is 5. The number of nitro benzene ring substituents is 1. The van der Waals surface area contributed by atoms with Crippen LogP contribution in [0.1, 0.15) is 12.6 Å². The van der Waals surface area contributed by atoms with Gasteiger partial charge in [0.15, 0.2) is 5.82 Å². The lowest BCUT2D eigenvalue weighted by molar-refractivity contribution is -0.384. The van der Waals surface area contributed by atoms with E-state index in [0.29, 0.717) is 28.6 Å². The van der Waals surface area contributed by atoms with E-state index < -0.39 is 4.92 Å². The van der Waals surface area contributed by atoms with Crippen molar-refractivity contribution in [2.75, 3.05) is 5.73 Å². The number of nitro groups is 1. The molecule has 0 saturated heterocycles. The predicted octanol–water partition coefficient (Wildman–Crippen LogP) is 1.97. The van der Waals surface area contributed by atoms with Crippen LogP contribution in [0.5, 0.6) is 0 Å². The van der Waals surface area contributed by atoms with E-state index in [-0.39, 0.29) is 5.69 Å². The van der Waals surface area contributed by atoms with Gasteiger partial charge in [-0.1, -0.05) is 23.7 Å². The number of nitrogens with zero attached hydrogens (tertiary/aromatic N) is 4. The molecule has 0 fully saturated rings. The third kappa shape index (κ3) is 2.00. The highest BCUT2D eigenvalue weighted by Gasteiger charge is 2.16. The number of non-ortho nitro benzene ring substituents is 1. The van der Waals surface area contributed by atoms with Crippen molar-refractivity contribution < 1.29 is 4.92 Å². The van der Waals surface area contributed by atoms with Crippen molar-refractivity contribution in [3.63, 3.8) is 0 Å². The fraction of sp³-hybridized carbons (Fsp3) is 0.200. The van der Waals surface area contributed by atoms with Crippen LogP contribution in [-0.4, -0.2) is 19.9 Å². The minimum absolute atomic E-state index is 0.0643. The van der Waals surface area contributed by atoms with Gasteiger partial charge in [-0.05, 0) is 12.5 Å². The van der Waals surface area contributed by atoms with E-state index in [9.17, 15) is 10.1 Å². The summed E-state index contributed by atoms with van der Waals surface area (Å²) in [5.74, 6) is 0.292. The first kappa shape index (κ1) is 12.3. The Balaban J connectivity index is 2.62. The van der Waals surface area contributed by atoms with Gasteiger partial charge in [-0.15, -0.1) is 5.10 Å². The van der Waals surface area contributed by atoms with Crippen molar-refractivity contribution in [1.29, 1.82) is 0 Å². The number of hydrogen-bond donors (Lipinski definition) is 1. The first-order chi connectivity index (χ1) is 8.54. The van der Waals surface area contributed by atoms with Gasteiger partial charge < -0.3 is 5.73 Å². The Hall–Kier alpha value is -2.15. The number of nitrogen functional groups attached to an aromatic ring is 1. The second kappa shape index (κ2) is 4.61. The summed E-state index contributed by atoms with van der Waals surface area (Å²) in [7, 11) is 0. The van der Waals surface area contributed by atoms with Crippen molar-refractivity contribution in [2.24, 2.45) is 0 Å². The zero-order valence-corrected chi connectivity index (χ0v) is 10.3. The van der Waals surface area contributed by atoms with Crippen LogP contribution in [-0.2, 0) is 6.42 Å². The predicted molar refractivity (Wildman–Crippen MR) is 66.8 cm³/mol. The van der Waals surface area contributed by atoms with Gasteiger partial charge in [0.05, 0.1) is 21.3 Å². The van der Waals surface area contributed by atoms with E-state index in [1.807, 2.05) is 6.92 Å². The molecule has 2 aromatic rings. The number of benzene rings is 1. The lowest BCUT2D eigenvalue weighted by atomic mass is 10.2. The monoisotopic (exact) mass is 267 g/mol. The van der Waals surface area contributed by atoms with Gasteiger partial charge in [0.2, 0.25) is 0 Å². The van der Waals surface area contributed by atoms with Gasteiger partial charge in [-0.3, -0.25) is 10.1 Å². The van der Waals surface area contributed by atoms with Crippen LogP contribution in [0.25, 0.3) is 5.69 Å². The topological polar surface area (TPSA) is 99.9 Å². The van der Waals surface area contributed by atoms with E-state index in [1.54, 1.807) is 0 Å². The van der Waals surface area contributed by atoms with Crippen LogP contribution in [0.3, 0.4) is 0 Å². The minimum atomic E-state index is -0.494. The fourth-order valence-corrected chi connectivity index (χ4v) is 1.81. The molecule has 1 aromatic carbocycles. The van der Waals surface area contributed by atoms with Gasteiger partial charge in [0.25, 0.3) is 5.69 Å². The Bertz CT molecular complexity index is 610. The third-order valence-electron chi connectivity index (χ3n) is 2.50. The molecule has 2 rings (SSSR count). The summed E-state index contributed by atoms with van der Waals surface area (Å²) in [6.45, 7) is 1.89. The molecule has 0 aliphatic carbocycles. The van der Waals surface area contributed by atoms with Crippen molar-refractivity contribution in [3.8, 4) is 5.69 Å². The Morgan fingerprint density at radius 3 is 2.89 bits per heavy atom. The van der Waals surface area contributed by atoms with Crippen LogP contribution >= 0.6 is 11.6 Å². The average molecular weight is 268 g/mol. The molecule has 1 aromatic heterocycles. The van der Waals surface area contributed by atoms with E-state index in [1.165, 1.54) is 22.9 Å². The normalized spacial score (nSPS) is 10.6.